The number of pyridine rings is 1. The van der Waals surface area contributed by atoms with E-state index in [0.717, 1.165) is 72.8 Å². The number of hydrogen-bond donors (Lipinski definition) is 0. The summed E-state index contributed by atoms with van der Waals surface area (Å²) in [7, 11) is 0. The molecule has 0 fully saturated rings. The topological polar surface area (TPSA) is 46.8 Å². The fourth-order valence-electron chi connectivity index (χ4n) is 13.6. The van der Waals surface area contributed by atoms with E-state index in [9.17, 15) is 0 Å². The second kappa shape index (κ2) is 18.7. The molecule has 6 heteroatoms. The van der Waals surface area contributed by atoms with Crippen LogP contribution >= 0.6 is 11.3 Å². The Labute approximate surface area is 492 Å². The third kappa shape index (κ3) is 7.45. The van der Waals surface area contributed by atoms with Gasteiger partial charge in [-0.15, -0.1) is 11.3 Å². The van der Waals surface area contributed by atoms with Crippen LogP contribution in [-0.4, -0.2) is 19.5 Å². The van der Waals surface area contributed by atoms with Crippen LogP contribution in [0.25, 0.3) is 158 Å². The number of benzene rings is 14. The summed E-state index contributed by atoms with van der Waals surface area (Å²) in [6.07, 6.45) is 0. The van der Waals surface area contributed by atoms with Crippen LogP contribution in [0.3, 0.4) is 0 Å². The van der Waals surface area contributed by atoms with Crippen molar-refractivity contribution in [2.45, 2.75) is 0 Å². The van der Waals surface area contributed by atoms with E-state index in [1.165, 1.54) is 95.9 Å². The molecule has 14 aromatic carbocycles. The molecule has 18 rings (SSSR count). The molecule has 0 spiro atoms. The number of fused-ring (bicyclic) bond motifs is 14. The van der Waals surface area contributed by atoms with Gasteiger partial charge in [-0.05, 0) is 131 Å². The highest BCUT2D eigenvalue weighted by atomic mass is 32.1. The van der Waals surface area contributed by atoms with E-state index in [2.05, 4.69) is 289 Å². The Balaban J connectivity index is 0.916. The third-order valence-corrected chi connectivity index (χ3v) is 18.7. The standard InChI is InChI=1S/C79H47N5S/c1-4-16-48(17-5-1)49-34-36-56(37-35-49)83(58-44-54-32-30-52-22-14-23-53-31-33-55(45-58)74(54)73(52)53)57-38-43-72-67(46-57)66-42-41-65-64-40-39-63-61-26-11-10-24-59(61)60-25-12-13-27-62(60)75(63)76(64)84(77(65)78(66)85-72)79-81-70(51-20-8-3-9-21-51)47-71(82-79)69-29-15-28-68(80-69)50-18-6-2-7-19-50/h1-47H. The predicted molar refractivity (Wildman–Crippen MR) is 360 cm³/mol. The van der Waals surface area contributed by atoms with E-state index in [-0.39, 0.29) is 0 Å². The third-order valence-electron chi connectivity index (χ3n) is 17.5. The molecule has 0 aliphatic carbocycles. The van der Waals surface area contributed by atoms with Gasteiger partial charge < -0.3 is 4.90 Å². The quantitative estimate of drug-likeness (QED) is 0.142. The van der Waals surface area contributed by atoms with E-state index in [4.69, 9.17) is 15.0 Å². The Bertz CT molecular complexity index is 5620. The van der Waals surface area contributed by atoms with Gasteiger partial charge in [-0.1, -0.05) is 224 Å². The van der Waals surface area contributed by atoms with Crippen molar-refractivity contribution >= 4 is 135 Å². The maximum Gasteiger partial charge on any atom is 0.235 e. The van der Waals surface area contributed by atoms with Crippen LogP contribution in [-0.2, 0) is 0 Å². The molecular weight excluding hydrogens is 1050 g/mol. The van der Waals surface area contributed by atoms with Crippen molar-refractivity contribution < 1.29 is 0 Å². The minimum Gasteiger partial charge on any atom is -0.310 e. The lowest BCUT2D eigenvalue weighted by Gasteiger charge is -2.27. The second-order valence-corrected chi connectivity index (χ2v) is 23.3. The first-order valence-corrected chi connectivity index (χ1v) is 29.7. The Hall–Kier alpha value is -11.1. The molecule has 0 saturated carbocycles. The molecule has 0 amide bonds. The number of hydrogen-bond acceptors (Lipinski definition) is 5. The lowest BCUT2D eigenvalue weighted by molar-refractivity contribution is 0.997. The molecule has 0 unspecified atom stereocenters. The smallest absolute Gasteiger partial charge is 0.235 e. The Kier molecular flexibility index (Phi) is 10.5. The molecule has 18 aromatic rings. The highest BCUT2D eigenvalue weighted by molar-refractivity contribution is 7.26. The molecule has 0 aliphatic rings. The van der Waals surface area contributed by atoms with Gasteiger partial charge in [0, 0.05) is 59.8 Å². The van der Waals surface area contributed by atoms with Crippen molar-refractivity contribution in [2.24, 2.45) is 0 Å². The number of anilines is 3. The van der Waals surface area contributed by atoms with Crippen LogP contribution in [0, 0.1) is 0 Å². The maximum atomic E-state index is 5.68. The van der Waals surface area contributed by atoms with Gasteiger partial charge in [0.15, 0.2) is 0 Å². The molecular formula is C79H47N5S. The van der Waals surface area contributed by atoms with E-state index in [1.807, 2.05) is 17.4 Å². The molecule has 394 valence electrons. The van der Waals surface area contributed by atoms with Gasteiger partial charge >= 0.3 is 0 Å². The first-order valence-electron chi connectivity index (χ1n) is 28.9. The van der Waals surface area contributed by atoms with Crippen LogP contribution in [0.1, 0.15) is 0 Å². The van der Waals surface area contributed by atoms with Gasteiger partial charge in [0.25, 0.3) is 0 Å². The zero-order chi connectivity index (χ0) is 55.7. The van der Waals surface area contributed by atoms with Crippen LogP contribution in [0.15, 0.2) is 285 Å². The van der Waals surface area contributed by atoms with Crippen molar-refractivity contribution in [3.05, 3.63) is 285 Å². The van der Waals surface area contributed by atoms with Crippen LogP contribution in [0.4, 0.5) is 17.1 Å². The second-order valence-electron chi connectivity index (χ2n) is 22.2. The lowest BCUT2D eigenvalue weighted by atomic mass is 9.93. The Morgan fingerprint density at radius 3 is 1.47 bits per heavy atom. The molecule has 5 nitrogen and oxygen atoms in total. The lowest BCUT2D eigenvalue weighted by Crippen LogP contribution is -2.10. The Morgan fingerprint density at radius 2 is 0.776 bits per heavy atom. The number of thiophene rings is 1. The summed E-state index contributed by atoms with van der Waals surface area (Å²) in [4.78, 5) is 19.1. The minimum atomic E-state index is 0.581. The average Bonchev–Trinajstić information content (AvgIpc) is 2.27. The van der Waals surface area contributed by atoms with E-state index in [1.54, 1.807) is 0 Å². The van der Waals surface area contributed by atoms with Gasteiger partial charge in [-0.2, -0.15) is 0 Å². The summed E-state index contributed by atoms with van der Waals surface area (Å²) >= 11 is 1.84. The van der Waals surface area contributed by atoms with Crippen molar-refractivity contribution in [1.29, 1.82) is 0 Å². The molecule has 4 heterocycles. The van der Waals surface area contributed by atoms with Crippen LogP contribution in [0.5, 0.6) is 0 Å². The number of rotatable bonds is 8. The molecule has 0 aliphatic heterocycles. The highest BCUT2D eigenvalue weighted by Crippen LogP contribution is 2.49. The van der Waals surface area contributed by atoms with Gasteiger partial charge in [-0.3, -0.25) is 4.57 Å². The summed E-state index contributed by atoms with van der Waals surface area (Å²) in [5.74, 6) is 0.581. The molecule has 0 atom stereocenters. The van der Waals surface area contributed by atoms with E-state index < -0.39 is 0 Å². The Morgan fingerprint density at radius 1 is 0.271 bits per heavy atom. The molecule has 0 radical (unpaired) electrons. The fraction of sp³-hybridized carbons (Fsp3) is 0. The summed E-state index contributed by atoms with van der Waals surface area (Å²) in [5, 5.41) is 19.4. The average molecular weight is 1100 g/mol. The maximum absolute atomic E-state index is 5.68. The molecule has 0 bridgehead atoms. The summed E-state index contributed by atoms with van der Waals surface area (Å²) in [6.45, 7) is 0. The number of aromatic nitrogens is 4. The normalized spacial score (nSPS) is 12.0. The molecule has 0 N–H and O–H groups in total. The highest BCUT2D eigenvalue weighted by Gasteiger charge is 2.26. The zero-order valence-electron chi connectivity index (χ0n) is 45.8. The summed E-state index contributed by atoms with van der Waals surface area (Å²) < 4.78 is 4.76. The first-order chi connectivity index (χ1) is 42.1. The van der Waals surface area contributed by atoms with Crippen molar-refractivity contribution in [1.82, 2.24) is 19.5 Å². The summed E-state index contributed by atoms with van der Waals surface area (Å²) in [6, 6.07) is 103. The van der Waals surface area contributed by atoms with Crippen molar-refractivity contribution in [3.63, 3.8) is 0 Å². The molecule has 85 heavy (non-hydrogen) atoms. The molecule has 4 aromatic heterocycles. The number of nitrogens with zero attached hydrogens (tertiary/aromatic N) is 5. The van der Waals surface area contributed by atoms with Crippen molar-refractivity contribution in [3.8, 4) is 51.0 Å². The SMILES string of the molecule is c1ccc(-c2ccc(N(c3cc4ccc5cccc6ccc(c3)c4c56)c3ccc4sc5c(ccc6c7ccc8c9ccccc9c9ccccc9c8c7n(-c7nc(-c8ccccc8)cc(-c8cccc(-c9ccccc9)n8)n7)c65)c4c3)cc2)cc1. The predicted octanol–water partition coefficient (Wildman–Crippen LogP) is 21.8. The van der Waals surface area contributed by atoms with Gasteiger partial charge in [-0.25, -0.2) is 15.0 Å². The monoisotopic (exact) mass is 1100 g/mol. The van der Waals surface area contributed by atoms with Gasteiger partial charge in [0.1, 0.15) is 0 Å². The summed E-state index contributed by atoms with van der Waals surface area (Å²) in [5.41, 5.74) is 13.0. The largest absolute Gasteiger partial charge is 0.310 e. The first kappa shape index (κ1) is 47.6. The molecule has 0 saturated heterocycles. The minimum absolute atomic E-state index is 0.581. The van der Waals surface area contributed by atoms with Crippen LogP contribution < -0.4 is 4.90 Å². The zero-order valence-corrected chi connectivity index (χ0v) is 46.6. The van der Waals surface area contributed by atoms with Crippen molar-refractivity contribution in [2.75, 3.05) is 4.90 Å². The van der Waals surface area contributed by atoms with Gasteiger partial charge in [0.2, 0.25) is 5.95 Å². The van der Waals surface area contributed by atoms with E-state index >= 15 is 0 Å². The fourth-order valence-corrected chi connectivity index (χ4v) is 14.9. The van der Waals surface area contributed by atoms with E-state index in [0.29, 0.717) is 5.95 Å². The van der Waals surface area contributed by atoms with Gasteiger partial charge in [0.05, 0.1) is 38.5 Å². The van der Waals surface area contributed by atoms with Crippen LogP contribution in [0.2, 0.25) is 0 Å².